The highest BCUT2D eigenvalue weighted by molar-refractivity contribution is 7.99. The second kappa shape index (κ2) is 7.28. The van der Waals surface area contributed by atoms with Crippen molar-refractivity contribution >= 4 is 28.9 Å². The molecular weight excluding hydrogens is 274 g/mol. The van der Waals surface area contributed by atoms with E-state index >= 15 is 0 Å². The van der Waals surface area contributed by atoms with Crippen LogP contribution < -0.4 is 0 Å². The van der Waals surface area contributed by atoms with E-state index in [0.29, 0.717) is 22.2 Å². The number of oxazole rings is 1. The number of carbonyl (C=O) groups excluding carboxylic acids is 1. The first-order valence-corrected chi connectivity index (χ1v) is 7.85. The zero-order valence-electron chi connectivity index (χ0n) is 11.8. The van der Waals surface area contributed by atoms with Crippen LogP contribution in [0.4, 0.5) is 0 Å². The molecule has 0 atom stereocenters. The van der Waals surface area contributed by atoms with E-state index in [9.17, 15) is 4.79 Å². The molecule has 5 nitrogen and oxygen atoms in total. The number of carbonyl (C=O) groups is 1. The van der Waals surface area contributed by atoms with Gasteiger partial charge in [-0.1, -0.05) is 25.6 Å². The van der Waals surface area contributed by atoms with Gasteiger partial charge >= 0.3 is 0 Å². The number of fused-ring (bicyclic) bond motifs is 1. The number of hydrogen-bond donors (Lipinski definition) is 0. The molecule has 0 aliphatic heterocycles. The minimum absolute atomic E-state index is 0.133. The number of thioether (sulfide) groups is 1. The number of amides is 1. The summed E-state index contributed by atoms with van der Waals surface area (Å²) in [6.07, 6.45) is 3.63. The Morgan fingerprint density at radius 1 is 1.35 bits per heavy atom. The van der Waals surface area contributed by atoms with Crippen molar-refractivity contribution in [3.63, 3.8) is 0 Å². The van der Waals surface area contributed by atoms with Crippen LogP contribution in [-0.2, 0) is 4.79 Å². The van der Waals surface area contributed by atoms with E-state index < -0.39 is 0 Å². The highest BCUT2D eigenvalue weighted by Gasteiger charge is 2.14. The number of hydrogen-bond acceptors (Lipinski definition) is 5. The molecule has 0 N–H and O–H groups in total. The lowest BCUT2D eigenvalue weighted by molar-refractivity contribution is -0.128. The number of pyridine rings is 1. The molecule has 6 heteroatoms. The van der Waals surface area contributed by atoms with Crippen LogP contribution in [0.5, 0.6) is 0 Å². The average Bonchev–Trinajstić information content (AvgIpc) is 2.87. The monoisotopic (exact) mass is 293 g/mol. The topological polar surface area (TPSA) is 59.2 Å². The van der Waals surface area contributed by atoms with Crippen molar-refractivity contribution in [2.75, 3.05) is 18.8 Å². The van der Waals surface area contributed by atoms with Crippen LogP contribution in [0, 0.1) is 0 Å². The average molecular weight is 293 g/mol. The second-order valence-electron chi connectivity index (χ2n) is 4.47. The van der Waals surface area contributed by atoms with Crippen LogP contribution in [-0.4, -0.2) is 39.6 Å². The number of nitrogens with zero attached hydrogens (tertiary/aromatic N) is 3. The maximum atomic E-state index is 12.1. The highest BCUT2D eigenvalue weighted by Crippen LogP contribution is 2.22. The van der Waals surface area contributed by atoms with E-state index in [0.717, 1.165) is 25.9 Å². The van der Waals surface area contributed by atoms with Crippen LogP contribution in [0.1, 0.15) is 26.7 Å². The predicted molar refractivity (Wildman–Crippen MR) is 79.7 cm³/mol. The third-order valence-corrected chi connectivity index (χ3v) is 3.62. The smallest absolute Gasteiger partial charge is 0.258 e. The van der Waals surface area contributed by atoms with Crippen molar-refractivity contribution in [2.24, 2.45) is 0 Å². The summed E-state index contributed by atoms with van der Waals surface area (Å²) in [5, 5.41) is 0.500. The van der Waals surface area contributed by atoms with Crippen molar-refractivity contribution in [1.29, 1.82) is 0 Å². The van der Waals surface area contributed by atoms with Gasteiger partial charge in [0.15, 0.2) is 11.2 Å². The van der Waals surface area contributed by atoms with Crippen molar-refractivity contribution < 1.29 is 9.21 Å². The van der Waals surface area contributed by atoms with Gasteiger partial charge in [-0.2, -0.15) is 4.98 Å². The number of aromatic nitrogens is 2. The number of rotatable bonds is 7. The molecule has 0 aromatic carbocycles. The summed E-state index contributed by atoms with van der Waals surface area (Å²) in [4.78, 5) is 22.4. The molecule has 0 radical (unpaired) electrons. The van der Waals surface area contributed by atoms with Crippen molar-refractivity contribution in [1.82, 2.24) is 14.9 Å². The van der Waals surface area contributed by atoms with Gasteiger partial charge in [0.1, 0.15) is 0 Å². The molecule has 2 heterocycles. The van der Waals surface area contributed by atoms with Gasteiger partial charge in [0.25, 0.3) is 5.22 Å². The molecule has 0 bridgehead atoms. The van der Waals surface area contributed by atoms with E-state index in [2.05, 4.69) is 23.8 Å². The first kappa shape index (κ1) is 14.8. The Bertz CT molecular complexity index is 531. The Hall–Kier alpha value is -1.56. The van der Waals surface area contributed by atoms with Crippen LogP contribution in [0.2, 0.25) is 0 Å². The molecule has 0 unspecified atom stereocenters. The zero-order chi connectivity index (χ0) is 14.4. The molecule has 1 amide bonds. The molecule has 0 spiro atoms. The van der Waals surface area contributed by atoms with Crippen LogP contribution in [0.15, 0.2) is 28.0 Å². The Morgan fingerprint density at radius 2 is 2.10 bits per heavy atom. The normalized spacial score (nSPS) is 10.9. The standard InChI is InChI=1S/C14H19N3O2S/c1-3-8-17(9-4-2)12(18)10-20-14-16-13-11(19-14)6-5-7-15-13/h5-7H,3-4,8-10H2,1-2H3. The first-order valence-electron chi connectivity index (χ1n) is 6.86. The van der Waals surface area contributed by atoms with Gasteiger partial charge in [-0.15, -0.1) is 0 Å². The summed E-state index contributed by atoms with van der Waals surface area (Å²) in [6, 6.07) is 3.62. The van der Waals surface area contributed by atoms with Crippen LogP contribution >= 0.6 is 11.8 Å². The lowest BCUT2D eigenvalue weighted by atomic mass is 10.3. The van der Waals surface area contributed by atoms with Gasteiger partial charge in [-0.05, 0) is 25.0 Å². The van der Waals surface area contributed by atoms with Crippen molar-refractivity contribution in [3.8, 4) is 0 Å². The Kier molecular flexibility index (Phi) is 5.40. The molecule has 2 aromatic rings. The van der Waals surface area contributed by atoms with Gasteiger partial charge in [0.2, 0.25) is 5.91 Å². The maximum Gasteiger partial charge on any atom is 0.258 e. The summed E-state index contributed by atoms with van der Waals surface area (Å²) in [5.41, 5.74) is 1.24. The van der Waals surface area contributed by atoms with Crippen LogP contribution in [0.3, 0.4) is 0 Å². The molecule has 108 valence electrons. The molecule has 0 fully saturated rings. The predicted octanol–water partition coefficient (Wildman–Crippen LogP) is 2.96. The fourth-order valence-electron chi connectivity index (χ4n) is 1.93. The van der Waals surface area contributed by atoms with E-state index in [-0.39, 0.29) is 5.91 Å². The quantitative estimate of drug-likeness (QED) is 0.735. The van der Waals surface area contributed by atoms with Crippen LogP contribution in [0.25, 0.3) is 11.2 Å². The summed E-state index contributed by atoms with van der Waals surface area (Å²) in [5.74, 6) is 0.487. The summed E-state index contributed by atoms with van der Waals surface area (Å²) >= 11 is 1.33. The fraction of sp³-hybridized carbons (Fsp3) is 0.500. The minimum atomic E-state index is 0.133. The van der Waals surface area contributed by atoms with E-state index in [4.69, 9.17) is 4.42 Å². The van der Waals surface area contributed by atoms with Gasteiger partial charge in [0.05, 0.1) is 5.75 Å². The molecule has 0 aliphatic rings. The fourth-order valence-corrected chi connectivity index (χ4v) is 2.66. The maximum absolute atomic E-state index is 12.1. The minimum Gasteiger partial charge on any atom is -0.430 e. The van der Waals surface area contributed by atoms with Gasteiger partial charge in [-0.3, -0.25) is 4.79 Å². The SMILES string of the molecule is CCCN(CCC)C(=O)CSc1nc2ncccc2o1. The van der Waals surface area contributed by atoms with Crippen molar-refractivity contribution in [2.45, 2.75) is 31.9 Å². The van der Waals surface area contributed by atoms with E-state index in [1.165, 1.54) is 11.8 Å². The third-order valence-electron chi connectivity index (χ3n) is 2.80. The lowest BCUT2D eigenvalue weighted by Gasteiger charge is -2.20. The van der Waals surface area contributed by atoms with Gasteiger partial charge in [0, 0.05) is 19.3 Å². The summed E-state index contributed by atoms with van der Waals surface area (Å²) in [6.45, 7) is 5.77. The van der Waals surface area contributed by atoms with Gasteiger partial charge in [-0.25, -0.2) is 4.98 Å². The van der Waals surface area contributed by atoms with Gasteiger partial charge < -0.3 is 9.32 Å². The molecule has 2 rings (SSSR count). The molecule has 0 aliphatic carbocycles. The van der Waals surface area contributed by atoms with E-state index in [1.807, 2.05) is 11.0 Å². The Labute approximate surface area is 122 Å². The molecular formula is C14H19N3O2S. The Balaban J connectivity index is 1.94. The molecule has 0 saturated heterocycles. The second-order valence-corrected chi connectivity index (χ2v) is 5.40. The van der Waals surface area contributed by atoms with E-state index in [1.54, 1.807) is 12.3 Å². The molecule has 0 saturated carbocycles. The molecule has 2 aromatic heterocycles. The largest absolute Gasteiger partial charge is 0.430 e. The summed E-state index contributed by atoms with van der Waals surface area (Å²) < 4.78 is 5.54. The highest BCUT2D eigenvalue weighted by atomic mass is 32.2. The lowest BCUT2D eigenvalue weighted by Crippen LogP contribution is -2.33. The molecule has 20 heavy (non-hydrogen) atoms. The summed E-state index contributed by atoms with van der Waals surface area (Å²) in [7, 11) is 0. The van der Waals surface area contributed by atoms with Crippen molar-refractivity contribution in [3.05, 3.63) is 18.3 Å². The third kappa shape index (κ3) is 3.72. The zero-order valence-corrected chi connectivity index (χ0v) is 12.7. The Morgan fingerprint density at radius 3 is 2.75 bits per heavy atom. The first-order chi connectivity index (χ1) is 9.74.